The summed E-state index contributed by atoms with van der Waals surface area (Å²) in [7, 11) is 0. The van der Waals surface area contributed by atoms with Crippen LogP contribution in [0.15, 0.2) is 30.7 Å². The summed E-state index contributed by atoms with van der Waals surface area (Å²) >= 11 is 0. The van der Waals surface area contributed by atoms with E-state index in [0.717, 1.165) is 5.57 Å². The van der Waals surface area contributed by atoms with E-state index in [-0.39, 0.29) is 0 Å². The third-order valence-electron chi connectivity index (χ3n) is 1.27. The molecule has 1 aromatic rings. The molecule has 0 aliphatic rings. The van der Waals surface area contributed by atoms with Gasteiger partial charge >= 0.3 is 55.6 Å². The second kappa shape index (κ2) is 2.63. The van der Waals surface area contributed by atoms with Gasteiger partial charge in [-0.25, -0.2) is 0 Å². The molecule has 0 atom stereocenters. The molecule has 0 radical (unpaired) electrons. The average Bonchev–Trinajstić information content (AvgIpc) is 1.90. The summed E-state index contributed by atoms with van der Waals surface area (Å²) < 4.78 is 0. The first-order valence-corrected chi connectivity index (χ1v) is 3.01. The zero-order valence-corrected chi connectivity index (χ0v) is 5.59. The van der Waals surface area contributed by atoms with Crippen molar-refractivity contribution in [3.8, 4) is 0 Å². The topological polar surface area (TPSA) is 0 Å². The normalized spacial score (nSPS) is 8.56. The Labute approximate surface area is 56.4 Å². The summed E-state index contributed by atoms with van der Waals surface area (Å²) in [6.07, 6.45) is 0. The van der Waals surface area contributed by atoms with Crippen LogP contribution >= 0.6 is 0 Å². The third kappa shape index (κ3) is 1.53. The fourth-order valence-electron chi connectivity index (χ4n) is 0.723. The van der Waals surface area contributed by atoms with Crippen molar-refractivity contribution in [1.29, 1.82) is 0 Å². The monoisotopic (exact) mass is 116 g/mol. The molecule has 0 N–H and O–H groups in total. The van der Waals surface area contributed by atoms with Gasteiger partial charge in [-0.2, -0.15) is 0 Å². The molecule has 0 aliphatic heterocycles. The number of allylic oxidation sites excluding steroid dienone is 1. The number of rotatable bonds is 1. The zero-order chi connectivity index (χ0) is 6.69. The predicted octanol–water partition coefficient (Wildman–Crippen LogP) is 2.06. The quantitative estimate of drug-likeness (QED) is 0.526. The third-order valence-corrected chi connectivity index (χ3v) is 1.27. The van der Waals surface area contributed by atoms with Crippen molar-refractivity contribution >= 4 is 12.5 Å². The van der Waals surface area contributed by atoms with Crippen LogP contribution in [0.1, 0.15) is 12.4 Å². The van der Waals surface area contributed by atoms with E-state index >= 15 is 0 Å². The fraction of sp³-hybridized carbons (Fsp3) is 0.125. The van der Waals surface area contributed by atoms with Gasteiger partial charge in [0.25, 0.3) is 0 Å². The van der Waals surface area contributed by atoms with Crippen LogP contribution in [0.2, 0.25) is 0 Å². The second-order valence-electron chi connectivity index (χ2n) is 2.15. The molecule has 0 fully saturated rings. The molecule has 1 heteroatoms. The van der Waals surface area contributed by atoms with Crippen molar-refractivity contribution in [1.82, 2.24) is 0 Å². The molecule has 0 bridgehead atoms. The van der Waals surface area contributed by atoms with Gasteiger partial charge in [0, 0.05) is 0 Å². The van der Waals surface area contributed by atoms with Crippen molar-refractivity contribution in [2.45, 2.75) is 6.92 Å². The molecule has 0 saturated heterocycles. The Balaban J connectivity index is 2.98. The van der Waals surface area contributed by atoms with E-state index in [4.69, 9.17) is 0 Å². The van der Waals surface area contributed by atoms with Crippen LogP contribution in [0, 0.1) is 0 Å². The zero-order valence-electron chi connectivity index (χ0n) is 5.59. The van der Waals surface area contributed by atoms with Gasteiger partial charge in [0.2, 0.25) is 0 Å². The van der Waals surface area contributed by atoms with Crippen LogP contribution in [-0.2, 0) is 0 Å². The first-order chi connectivity index (χ1) is 4.30. The van der Waals surface area contributed by atoms with Crippen LogP contribution in [0.25, 0.3) is 5.57 Å². The van der Waals surface area contributed by atoms with Gasteiger partial charge in [-0.15, -0.1) is 0 Å². The van der Waals surface area contributed by atoms with Gasteiger partial charge in [-0.3, -0.25) is 0 Å². The predicted molar refractivity (Wildman–Crippen MR) is 42.5 cm³/mol. The maximum atomic E-state index is 3.83. The van der Waals surface area contributed by atoms with E-state index in [1.165, 1.54) is 5.46 Å². The van der Waals surface area contributed by atoms with E-state index < -0.39 is 0 Å². The molecule has 0 unspecified atom stereocenters. The summed E-state index contributed by atoms with van der Waals surface area (Å²) in [5.74, 6) is 2.02. The summed E-state index contributed by atoms with van der Waals surface area (Å²) in [6, 6.07) is 6.08. The number of hydrogen-bond donors (Lipinski definition) is 0. The van der Waals surface area contributed by atoms with Crippen LogP contribution in [0.4, 0.5) is 0 Å². The maximum absolute atomic E-state index is 3.83. The van der Waals surface area contributed by atoms with Gasteiger partial charge in [0.15, 0.2) is 0 Å². The minimum absolute atomic E-state index is 1.12. The van der Waals surface area contributed by atoms with Gasteiger partial charge in [-0.1, -0.05) is 0 Å². The van der Waals surface area contributed by atoms with E-state index in [1.54, 1.807) is 0 Å². The first-order valence-electron chi connectivity index (χ1n) is 3.01. The molecular formula is C8H9B. The summed E-state index contributed by atoms with van der Waals surface area (Å²) in [6.45, 7) is 7.89. The Morgan fingerprint density at radius 3 is 2.67 bits per heavy atom. The molecule has 0 spiro atoms. The molecule has 1 heterocycles. The second-order valence-corrected chi connectivity index (χ2v) is 2.15. The Kier molecular flexibility index (Phi) is 1.83. The van der Waals surface area contributed by atoms with E-state index in [2.05, 4.69) is 19.6 Å². The van der Waals surface area contributed by atoms with Crippen LogP contribution in [0.3, 0.4) is 0 Å². The van der Waals surface area contributed by atoms with Gasteiger partial charge in [0.05, 0.1) is 0 Å². The van der Waals surface area contributed by atoms with Gasteiger partial charge in [0.1, 0.15) is 0 Å². The summed E-state index contributed by atoms with van der Waals surface area (Å²) in [5.41, 5.74) is 2.34. The molecular weight excluding hydrogens is 107 g/mol. The van der Waals surface area contributed by atoms with Crippen LogP contribution in [0.5, 0.6) is 0 Å². The average molecular weight is 116 g/mol. The van der Waals surface area contributed by atoms with Gasteiger partial charge in [-0.05, 0) is 0 Å². The molecule has 0 saturated carbocycles. The minimum atomic E-state index is 1.12. The van der Waals surface area contributed by atoms with Gasteiger partial charge < -0.3 is 0 Å². The van der Waals surface area contributed by atoms with E-state index in [0.29, 0.717) is 0 Å². The molecule has 9 heavy (non-hydrogen) atoms. The Morgan fingerprint density at radius 1 is 1.56 bits per heavy atom. The molecule has 0 amide bonds. The van der Waals surface area contributed by atoms with E-state index in [9.17, 15) is 0 Å². The Morgan fingerprint density at radius 2 is 2.33 bits per heavy atom. The molecule has 0 aliphatic carbocycles. The van der Waals surface area contributed by atoms with Crippen molar-refractivity contribution in [3.63, 3.8) is 0 Å². The fourth-order valence-corrected chi connectivity index (χ4v) is 0.723. The molecule has 1 rings (SSSR count). The summed E-state index contributed by atoms with van der Waals surface area (Å²) in [5, 5.41) is 0. The van der Waals surface area contributed by atoms with Crippen molar-refractivity contribution in [2.75, 3.05) is 0 Å². The molecule has 44 valence electrons. The SMILES string of the molecule is C=C(C)c1bcccc1. The van der Waals surface area contributed by atoms with Crippen LogP contribution < -0.4 is 0 Å². The van der Waals surface area contributed by atoms with Crippen LogP contribution in [-0.4, -0.2) is 6.91 Å². The van der Waals surface area contributed by atoms with Crippen molar-refractivity contribution in [2.24, 2.45) is 0 Å². The standard InChI is InChI=1S/C8H9B/c1-7(2)8-5-3-4-6-9-8/h3-6H,1H2,2H3. The molecule has 1 aromatic heterocycles. The number of hydrogen-bond acceptors (Lipinski definition) is 0. The molecule has 0 nitrogen and oxygen atoms in total. The Hall–Kier alpha value is -0.845. The van der Waals surface area contributed by atoms with Crippen molar-refractivity contribution in [3.05, 3.63) is 36.2 Å². The Bertz CT molecular complexity index is 201. The summed E-state index contributed by atoms with van der Waals surface area (Å²) in [4.78, 5) is 0. The van der Waals surface area contributed by atoms with Crippen molar-refractivity contribution < 1.29 is 0 Å². The molecule has 0 aromatic carbocycles. The first kappa shape index (κ1) is 6.28. The van der Waals surface area contributed by atoms with E-state index in [1.807, 2.05) is 25.0 Å².